The van der Waals surface area contributed by atoms with Crippen molar-refractivity contribution in [1.82, 2.24) is 0 Å². The van der Waals surface area contributed by atoms with E-state index in [9.17, 15) is 9.59 Å². The first kappa shape index (κ1) is 16.9. The first-order valence-electron chi connectivity index (χ1n) is 8.54. The molecular formula is C20H22O3S. The van der Waals surface area contributed by atoms with Gasteiger partial charge in [-0.25, -0.2) is 0 Å². The van der Waals surface area contributed by atoms with Crippen molar-refractivity contribution in [3.05, 3.63) is 58.3 Å². The molecule has 24 heavy (non-hydrogen) atoms. The highest BCUT2D eigenvalue weighted by atomic mass is 32.1. The van der Waals surface area contributed by atoms with E-state index in [1.807, 2.05) is 47.8 Å². The number of hydrogen-bond acceptors (Lipinski definition) is 4. The minimum absolute atomic E-state index is 0.106. The highest BCUT2D eigenvalue weighted by molar-refractivity contribution is 7.12. The zero-order valence-corrected chi connectivity index (χ0v) is 14.5. The van der Waals surface area contributed by atoms with Crippen LogP contribution in [0.15, 0.2) is 47.8 Å². The Kier molecular flexibility index (Phi) is 5.81. The minimum atomic E-state index is -0.288. The van der Waals surface area contributed by atoms with Crippen LogP contribution in [0.3, 0.4) is 0 Å². The fourth-order valence-electron chi connectivity index (χ4n) is 3.35. The molecule has 0 radical (unpaired) electrons. The van der Waals surface area contributed by atoms with Crippen LogP contribution < -0.4 is 0 Å². The summed E-state index contributed by atoms with van der Waals surface area (Å²) in [5, 5.41) is 1.91. The third-order valence-corrected chi connectivity index (χ3v) is 5.53. The number of ether oxygens (including phenoxy) is 1. The molecule has 1 saturated carbocycles. The van der Waals surface area contributed by atoms with Gasteiger partial charge >= 0.3 is 5.97 Å². The van der Waals surface area contributed by atoms with Gasteiger partial charge in [0.15, 0.2) is 5.78 Å². The monoisotopic (exact) mass is 342 g/mol. The third kappa shape index (κ3) is 4.12. The Morgan fingerprint density at radius 1 is 1.00 bits per heavy atom. The summed E-state index contributed by atoms with van der Waals surface area (Å²) in [7, 11) is 0. The normalized spacial score (nSPS) is 20.5. The lowest BCUT2D eigenvalue weighted by atomic mass is 9.76. The van der Waals surface area contributed by atoms with E-state index in [1.165, 1.54) is 11.3 Å². The van der Waals surface area contributed by atoms with Gasteiger partial charge in [-0.05, 0) is 29.9 Å². The number of esters is 1. The van der Waals surface area contributed by atoms with Gasteiger partial charge in [0.25, 0.3) is 0 Å². The van der Waals surface area contributed by atoms with Crippen LogP contribution in [0, 0.1) is 11.8 Å². The summed E-state index contributed by atoms with van der Waals surface area (Å²) in [5.41, 5.74) is 1.15. The van der Waals surface area contributed by atoms with E-state index in [1.54, 1.807) is 0 Å². The van der Waals surface area contributed by atoms with Crippen LogP contribution in [0.1, 0.15) is 40.9 Å². The van der Waals surface area contributed by atoms with Gasteiger partial charge in [0.05, 0.1) is 17.4 Å². The molecule has 0 aliphatic heterocycles. The number of benzene rings is 1. The van der Waals surface area contributed by atoms with Crippen LogP contribution in [0.5, 0.6) is 0 Å². The fourth-order valence-corrected chi connectivity index (χ4v) is 4.08. The second-order valence-electron chi connectivity index (χ2n) is 6.24. The second-order valence-corrected chi connectivity index (χ2v) is 7.19. The van der Waals surface area contributed by atoms with E-state index < -0.39 is 0 Å². The predicted molar refractivity (Wildman–Crippen MR) is 95.2 cm³/mol. The molecule has 0 amide bonds. The van der Waals surface area contributed by atoms with Gasteiger partial charge in [-0.2, -0.15) is 0 Å². The minimum Gasteiger partial charge on any atom is -0.465 e. The number of thiophene rings is 1. The van der Waals surface area contributed by atoms with Crippen molar-refractivity contribution in [1.29, 1.82) is 0 Å². The van der Waals surface area contributed by atoms with Gasteiger partial charge in [0, 0.05) is 12.3 Å². The molecule has 0 spiro atoms. The van der Waals surface area contributed by atoms with Crippen LogP contribution in [0.25, 0.3) is 0 Å². The molecule has 1 fully saturated rings. The van der Waals surface area contributed by atoms with Crippen LogP contribution >= 0.6 is 11.3 Å². The first-order chi connectivity index (χ1) is 11.8. The van der Waals surface area contributed by atoms with Crippen molar-refractivity contribution in [2.24, 2.45) is 11.8 Å². The van der Waals surface area contributed by atoms with Crippen LogP contribution in [-0.4, -0.2) is 18.4 Å². The lowest BCUT2D eigenvalue weighted by Crippen LogP contribution is -2.34. The molecule has 126 valence electrons. The van der Waals surface area contributed by atoms with Crippen LogP contribution in [0.2, 0.25) is 0 Å². The molecule has 0 bridgehead atoms. The molecule has 0 unspecified atom stereocenters. The Morgan fingerprint density at radius 2 is 1.75 bits per heavy atom. The van der Waals surface area contributed by atoms with E-state index in [0.717, 1.165) is 36.1 Å². The molecule has 1 aromatic heterocycles. The Bertz CT molecular complexity index is 663. The summed E-state index contributed by atoms with van der Waals surface area (Å²) in [5.74, 6) is -0.610. The summed E-state index contributed by atoms with van der Waals surface area (Å²) < 4.78 is 5.50. The number of ketones is 1. The number of Topliss-reactive ketones (excluding diaryl/α,β-unsaturated/α-hetero) is 1. The summed E-state index contributed by atoms with van der Waals surface area (Å²) >= 11 is 1.45. The molecule has 4 heteroatoms. The van der Waals surface area contributed by atoms with Crippen molar-refractivity contribution < 1.29 is 14.3 Å². The fraction of sp³-hybridized carbons (Fsp3) is 0.400. The molecule has 1 aromatic carbocycles. The van der Waals surface area contributed by atoms with Gasteiger partial charge in [0.2, 0.25) is 0 Å². The molecule has 3 nitrogen and oxygen atoms in total. The van der Waals surface area contributed by atoms with Crippen molar-refractivity contribution in [2.75, 3.05) is 6.61 Å². The van der Waals surface area contributed by atoms with E-state index in [4.69, 9.17) is 4.74 Å². The lowest BCUT2D eigenvalue weighted by Gasteiger charge is -2.28. The van der Waals surface area contributed by atoms with Crippen molar-refractivity contribution in [3.8, 4) is 0 Å². The lowest BCUT2D eigenvalue weighted by molar-refractivity contribution is -0.151. The van der Waals surface area contributed by atoms with E-state index in [-0.39, 0.29) is 23.6 Å². The Labute approximate surface area is 146 Å². The Balaban J connectivity index is 1.58. The average Bonchev–Trinajstić information content (AvgIpc) is 3.16. The molecule has 1 aliphatic carbocycles. The molecule has 0 N–H and O–H groups in total. The molecule has 2 atom stereocenters. The molecule has 1 aliphatic rings. The zero-order chi connectivity index (χ0) is 16.8. The Morgan fingerprint density at radius 3 is 2.46 bits per heavy atom. The third-order valence-electron chi connectivity index (χ3n) is 4.65. The largest absolute Gasteiger partial charge is 0.465 e. The number of hydrogen-bond donors (Lipinski definition) is 0. The standard InChI is InChI=1S/C20H22O3S/c21-19(18-11-6-14-24-18)16-9-4-5-10-17(16)20(22)23-13-12-15-7-2-1-3-8-15/h1-3,6-8,11,14,16-17H,4-5,9-10,12-13H2/t16-,17+/m1/s1. The SMILES string of the molecule is O=C(OCCc1ccccc1)[C@H]1CCCC[C@H]1C(=O)c1cccs1. The van der Waals surface area contributed by atoms with Gasteiger partial charge in [-0.15, -0.1) is 11.3 Å². The molecule has 1 heterocycles. The summed E-state index contributed by atoms with van der Waals surface area (Å²) in [6, 6.07) is 13.7. The predicted octanol–water partition coefficient (Wildman–Crippen LogP) is 4.52. The van der Waals surface area contributed by atoms with Gasteiger partial charge in [-0.3, -0.25) is 9.59 Å². The quantitative estimate of drug-likeness (QED) is 0.572. The highest BCUT2D eigenvalue weighted by Crippen LogP contribution is 2.34. The smallest absolute Gasteiger partial charge is 0.309 e. The van der Waals surface area contributed by atoms with Gasteiger partial charge < -0.3 is 4.74 Å². The topological polar surface area (TPSA) is 43.4 Å². The van der Waals surface area contributed by atoms with Crippen LogP contribution in [0.4, 0.5) is 0 Å². The van der Waals surface area contributed by atoms with Crippen LogP contribution in [-0.2, 0) is 16.0 Å². The average molecular weight is 342 g/mol. The molecule has 3 rings (SSSR count). The van der Waals surface area contributed by atoms with Crippen molar-refractivity contribution in [2.45, 2.75) is 32.1 Å². The molecule has 0 saturated heterocycles. The molecule has 2 aromatic rings. The maximum Gasteiger partial charge on any atom is 0.309 e. The summed E-state index contributed by atoms with van der Waals surface area (Å²) in [6.45, 7) is 0.374. The van der Waals surface area contributed by atoms with Gasteiger partial charge in [-0.1, -0.05) is 49.2 Å². The number of rotatable bonds is 6. The van der Waals surface area contributed by atoms with E-state index in [2.05, 4.69) is 0 Å². The van der Waals surface area contributed by atoms with E-state index in [0.29, 0.717) is 13.0 Å². The zero-order valence-electron chi connectivity index (χ0n) is 13.6. The second kappa shape index (κ2) is 8.25. The number of carbonyl (C=O) groups excluding carboxylic acids is 2. The Hall–Kier alpha value is -1.94. The van der Waals surface area contributed by atoms with Crippen molar-refractivity contribution in [3.63, 3.8) is 0 Å². The maximum atomic E-state index is 12.7. The maximum absolute atomic E-state index is 12.7. The summed E-state index contributed by atoms with van der Waals surface area (Å²) in [6.07, 6.45) is 4.26. The summed E-state index contributed by atoms with van der Waals surface area (Å²) in [4.78, 5) is 25.9. The van der Waals surface area contributed by atoms with E-state index >= 15 is 0 Å². The van der Waals surface area contributed by atoms with Crippen molar-refractivity contribution >= 4 is 23.1 Å². The molecular weight excluding hydrogens is 320 g/mol. The first-order valence-corrected chi connectivity index (χ1v) is 9.42. The highest BCUT2D eigenvalue weighted by Gasteiger charge is 2.37. The number of carbonyl (C=O) groups is 2. The van der Waals surface area contributed by atoms with Gasteiger partial charge in [0.1, 0.15) is 0 Å².